The lowest BCUT2D eigenvalue weighted by atomic mass is 10.0. The standard InChI is InChI=1S/C38H45ClF2N8O4/c1-23-28(21-43-48(23)14-13-38(2,3)53)25-11-12-27(33(41)32(25)40)30-22-42-34(45(30)4)35(50)44-24-9-10-26(29(39)20-24)36(51)46-15-17-47(18-16-46)37(52)31-8-7-19-49(31,5)6/h9-12,20-22,31,53H,7-8,13-19H2,1-6H3/p+1/t31-/m0/s1. The van der Waals surface area contributed by atoms with Crippen LogP contribution in [0.1, 0.15) is 59.8 Å². The van der Waals surface area contributed by atoms with Crippen molar-refractivity contribution in [2.24, 2.45) is 7.05 Å². The van der Waals surface area contributed by atoms with Gasteiger partial charge in [-0.25, -0.2) is 13.8 Å². The SMILES string of the molecule is Cc1c(-c2ccc(-c3cnc(C(=O)Nc4ccc(C(=O)N5CCN(C(=O)[C@@H]6CCC[N+]6(C)C)CC5)c(Cl)c4)n3C)c(F)c2F)cnn1CCC(C)(C)O. The predicted octanol–water partition coefficient (Wildman–Crippen LogP) is 5.13. The van der Waals surface area contributed by atoms with E-state index in [4.69, 9.17) is 11.6 Å². The molecule has 2 aromatic carbocycles. The van der Waals surface area contributed by atoms with Crippen molar-refractivity contribution in [1.82, 2.24) is 29.1 Å². The van der Waals surface area contributed by atoms with Gasteiger partial charge in [-0.05, 0) is 51.5 Å². The molecule has 2 N–H and O–H groups in total. The number of nitrogens with one attached hydrogen (secondary N) is 1. The van der Waals surface area contributed by atoms with Gasteiger partial charge in [-0.15, -0.1) is 0 Å². The summed E-state index contributed by atoms with van der Waals surface area (Å²) in [5.74, 6) is -2.96. The third-order valence-corrected chi connectivity index (χ3v) is 10.9. The lowest BCUT2D eigenvalue weighted by Gasteiger charge is -2.38. The van der Waals surface area contributed by atoms with E-state index in [0.29, 0.717) is 60.6 Å². The molecule has 3 amide bonds. The summed E-state index contributed by atoms with van der Waals surface area (Å²) in [5, 5.41) is 17.2. The molecule has 6 rings (SSSR count). The summed E-state index contributed by atoms with van der Waals surface area (Å²) < 4.78 is 34.8. The number of aryl methyl sites for hydroxylation is 1. The number of quaternary nitrogens is 1. The van der Waals surface area contributed by atoms with Crippen LogP contribution in [0.15, 0.2) is 42.7 Å². The molecule has 0 saturated carbocycles. The second kappa shape index (κ2) is 14.6. The van der Waals surface area contributed by atoms with E-state index < -0.39 is 23.1 Å². The Hall–Kier alpha value is -4.66. The van der Waals surface area contributed by atoms with Crippen molar-refractivity contribution >= 4 is 35.0 Å². The summed E-state index contributed by atoms with van der Waals surface area (Å²) in [6.45, 7) is 8.22. The second-order valence-corrected chi connectivity index (χ2v) is 15.6. The number of likely N-dealkylation sites (tertiary alicyclic amines) is 1. The fraction of sp³-hybridized carbons (Fsp3) is 0.447. The van der Waals surface area contributed by atoms with Crippen LogP contribution in [0, 0.1) is 18.6 Å². The maximum absolute atomic E-state index is 15.6. The van der Waals surface area contributed by atoms with Crippen LogP contribution in [-0.2, 0) is 18.4 Å². The molecule has 2 aliphatic heterocycles. The van der Waals surface area contributed by atoms with Crippen LogP contribution >= 0.6 is 11.6 Å². The molecule has 2 fully saturated rings. The minimum atomic E-state index is -1.10. The van der Waals surface area contributed by atoms with Crippen LogP contribution in [0.5, 0.6) is 0 Å². The number of piperazine rings is 1. The molecule has 53 heavy (non-hydrogen) atoms. The van der Waals surface area contributed by atoms with Crippen LogP contribution in [-0.4, -0.2) is 115 Å². The quantitative estimate of drug-likeness (QED) is 0.229. The molecule has 2 saturated heterocycles. The first-order valence-electron chi connectivity index (χ1n) is 17.7. The van der Waals surface area contributed by atoms with E-state index in [9.17, 15) is 19.5 Å². The Balaban J connectivity index is 1.10. The van der Waals surface area contributed by atoms with Crippen molar-refractivity contribution in [2.75, 3.05) is 52.1 Å². The Morgan fingerprint density at radius 2 is 1.66 bits per heavy atom. The van der Waals surface area contributed by atoms with E-state index in [1.807, 2.05) is 4.90 Å². The number of aliphatic hydroxyl groups is 1. The highest BCUT2D eigenvalue weighted by Crippen LogP contribution is 2.34. The Bertz CT molecular complexity index is 2060. The normalized spacial score (nSPS) is 17.4. The van der Waals surface area contributed by atoms with Crippen molar-refractivity contribution in [3.63, 3.8) is 0 Å². The Labute approximate surface area is 312 Å². The van der Waals surface area contributed by atoms with Crippen molar-refractivity contribution in [1.29, 1.82) is 0 Å². The zero-order valence-corrected chi connectivity index (χ0v) is 31.7. The maximum atomic E-state index is 15.6. The van der Waals surface area contributed by atoms with E-state index in [0.717, 1.165) is 19.4 Å². The molecule has 2 aliphatic rings. The number of halogens is 3. The van der Waals surface area contributed by atoms with Crippen molar-refractivity contribution in [3.8, 4) is 22.4 Å². The van der Waals surface area contributed by atoms with Gasteiger partial charge in [0.2, 0.25) is 0 Å². The average molecular weight is 752 g/mol. The number of anilines is 1. The van der Waals surface area contributed by atoms with Gasteiger partial charge in [0.05, 0.1) is 54.9 Å². The lowest BCUT2D eigenvalue weighted by Crippen LogP contribution is -2.58. The summed E-state index contributed by atoms with van der Waals surface area (Å²) >= 11 is 6.54. The largest absolute Gasteiger partial charge is 0.390 e. The first-order valence-corrected chi connectivity index (χ1v) is 18.1. The van der Waals surface area contributed by atoms with Gasteiger partial charge in [0, 0.05) is 80.7 Å². The summed E-state index contributed by atoms with van der Waals surface area (Å²) in [6, 6.07) is 7.42. The molecule has 1 atom stereocenters. The van der Waals surface area contributed by atoms with Gasteiger partial charge >= 0.3 is 0 Å². The van der Waals surface area contributed by atoms with Gasteiger partial charge in [0.15, 0.2) is 23.5 Å². The number of carbonyl (C=O) groups is 3. The minimum Gasteiger partial charge on any atom is -0.390 e. The Morgan fingerprint density at radius 3 is 2.30 bits per heavy atom. The van der Waals surface area contributed by atoms with Gasteiger partial charge in [0.1, 0.15) is 0 Å². The molecule has 4 aromatic rings. The highest BCUT2D eigenvalue weighted by molar-refractivity contribution is 6.34. The van der Waals surface area contributed by atoms with Crippen LogP contribution < -0.4 is 5.32 Å². The molecule has 2 aromatic heterocycles. The molecule has 4 heterocycles. The molecular formula is C38H46ClF2N8O4+. The van der Waals surface area contributed by atoms with Crippen LogP contribution in [0.2, 0.25) is 5.02 Å². The first-order chi connectivity index (χ1) is 25.0. The predicted molar refractivity (Wildman–Crippen MR) is 197 cm³/mol. The number of imidazole rings is 1. The van der Waals surface area contributed by atoms with Gasteiger partial charge in [-0.1, -0.05) is 17.7 Å². The molecule has 15 heteroatoms. The molecule has 0 bridgehead atoms. The summed E-state index contributed by atoms with van der Waals surface area (Å²) in [5.41, 5.74) is 0.888. The topological polar surface area (TPSA) is 126 Å². The molecular weight excluding hydrogens is 706 g/mol. The van der Waals surface area contributed by atoms with Crippen molar-refractivity contribution in [3.05, 3.63) is 76.5 Å². The monoisotopic (exact) mass is 751 g/mol. The number of likely N-dealkylation sites (N-methyl/N-ethyl adjacent to an activating group) is 1. The lowest BCUT2D eigenvalue weighted by molar-refractivity contribution is -0.893. The Kier molecular flexibility index (Phi) is 10.5. The van der Waals surface area contributed by atoms with Crippen LogP contribution in [0.25, 0.3) is 22.4 Å². The molecule has 0 radical (unpaired) electrons. The Morgan fingerprint density at radius 1 is 1.00 bits per heavy atom. The number of rotatable bonds is 9. The zero-order chi connectivity index (χ0) is 38.4. The molecule has 12 nitrogen and oxygen atoms in total. The van der Waals surface area contributed by atoms with E-state index in [-0.39, 0.29) is 51.1 Å². The molecule has 282 valence electrons. The summed E-state index contributed by atoms with van der Waals surface area (Å²) in [4.78, 5) is 47.6. The number of hydrogen-bond donors (Lipinski definition) is 2. The fourth-order valence-electron chi connectivity index (χ4n) is 7.23. The maximum Gasteiger partial charge on any atom is 0.291 e. The molecule has 0 unspecified atom stereocenters. The number of hydrogen-bond acceptors (Lipinski definition) is 6. The zero-order valence-electron chi connectivity index (χ0n) is 30.9. The number of carbonyl (C=O) groups excluding carboxylic acids is 3. The van der Waals surface area contributed by atoms with Gasteiger partial charge in [0.25, 0.3) is 17.7 Å². The summed E-state index contributed by atoms with van der Waals surface area (Å²) in [6.07, 6.45) is 5.10. The number of amides is 3. The van der Waals surface area contributed by atoms with Gasteiger partial charge < -0.3 is 29.3 Å². The first kappa shape index (κ1) is 38.1. The molecule has 0 spiro atoms. The van der Waals surface area contributed by atoms with E-state index in [1.54, 1.807) is 42.5 Å². The third kappa shape index (κ3) is 7.71. The van der Waals surface area contributed by atoms with E-state index in [2.05, 4.69) is 29.5 Å². The van der Waals surface area contributed by atoms with Crippen molar-refractivity contribution in [2.45, 2.75) is 58.2 Å². The smallest absolute Gasteiger partial charge is 0.291 e. The summed E-state index contributed by atoms with van der Waals surface area (Å²) in [7, 11) is 5.70. The number of nitrogens with zero attached hydrogens (tertiary/aromatic N) is 7. The van der Waals surface area contributed by atoms with Crippen molar-refractivity contribution < 1.29 is 32.8 Å². The number of benzene rings is 2. The van der Waals surface area contributed by atoms with Crippen LogP contribution in [0.3, 0.4) is 0 Å². The highest BCUT2D eigenvalue weighted by atomic mass is 35.5. The van der Waals surface area contributed by atoms with Gasteiger partial charge in [-0.2, -0.15) is 5.10 Å². The third-order valence-electron chi connectivity index (χ3n) is 10.6. The van der Waals surface area contributed by atoms with Gasteiger partial charge in [-0.3, -0.25) is 19.1 Å². The average Bonchev–Trinajstić information content (AvgIpc) is 3.79. The molecule has 0 aliphatic carbocycles. The minimum absolute atomic E-state index is 0.0393. The van der Waals surface area contributed by atoms with E-state index in [1.165, 1.54) is 42.2 Å². The van der Waals surface area contributed by atoms with E-state index >= 15 is 8.78 Å². The second-order valence-electron chi connectivity index (χ2n) is 15.2. The number of aromatic nitrogens is 4. The van der Waals surface area contributed by atoms with Crippen LogP contribution in [0.4, 0.5) is 14.5 Å². The highest BCUT2D eigenvalue weighted by Gasteiger charge is 2.42. The fourth-order valence-corrected chi connectivity index (χ4v) is 7.49.